The van der Waals surface area contributed by atoms with Gasteiger partial charge in [-0.25, -0.2) is 0 Å². The molecular formula is C18H27NO3. The lowest BCUT2D eigenvalue weighted by Gasteiger charge is -2.25. The second-order valence-corrected chi connectivity index (χ2v) is 6.45. The molecule has 0 saturated carbocycles. The van der Waals surface area contributed by atoms with E-state index in [2.05, 4.69) is 35.2 Å². The number of ether oxygens (including phenoxy) is 2. The fourth-order valence-corrected chi connectivity index (χ4v) is 3.44. The molecule has 2 aliphatic rings. The van der Waals surface area contributed by atoms with Crippen LogP contribution in [0.3, 0.4) is 0 Å². The van der Waals surface area contributed by atoms with E-state index in [-0.39, 0.29) is 6.10 Å². The van der Waals surface area contributed by atoms with Gasteiger partial charge >= 0.3 is 0 Å². The molecule has 1 aromatic rings. The van der Waals surface area contributed by atoms with Crippen LogP contribution in [0.25, 0.3) is 0 Å². The second kappa shape index (κ2) is 8.06. The van der Waals surface area contributed by atoms with Crippen LogP contribution in [0, 0.1) is 0 Å². The van der Waals surface area contributed by atoms with Crippen LogP contribution in [0.4, 0.5) is 0 Å². The Morgan fingerprint density at radius 1 is 1.18 bits per heavy atom. The van der Waals surface area contributed by atoms with E-state index in [1.54, 1.807) is 0 Å². The molecule has 2 saturated heterocycles. The summed E-state index contributed by atoms with van der Waals surface area (Å²) < 4.78 is 11.1. The first kappa shape index (κ1) is 15.9. The molecule has 4 heteroatoms. The van der Waals surface area contributed by atoms with E-state index >= 15 is 0 Å². The molecule has 4 nitrogen and oxygen atoms in total. The van der Waals surface area contributed by atoms with Crippen LogP contribution in [-0.4, -0.2) is 61.7 Å². The molecule has 1 N–H and O–H groups in total. The summed E-state index contributed by atoms with van der Waals surface area (Å²) in [5, 5.41) is 10.2. The highest BCUT2D eigenvalue weighted by Crippen LogP contribution is 2.26. The maximum absolute atomic E-state index is 10.2. The number of aliphatic hydroxyl groups excluding tert-OH is 1. The molecule has 2 fully saturated rings. The van der Waals surface area contributed by atoms with Crippen molar-refractivity contribution >= 4 is 0 Å². The minimum absolute atomic E-state index is 0.263. The van der Waals surface area contributed by atoms with Crippen molar-refractivity contribution in [2.45, 2.75) is 37.4 Å². The zero-order chi connectivity index (χ0) is 15.2. The van der Waals surface area contributed by atoms with E-state index in [1.807, 2.05) is 0 Å². The predicted octanol–water partition coefficient (Wildman–Crippen LogP) is 2.03. The summed E-state index contributed by atoms with van der Waals surface area (Å²) in [6.07, 6.45) is 2.95. The third kappa shape index (κ3) is 4.53. The Hall–Kier alpha value is -0.940. The highest BCUT2D eigenvalue weighted by molar-refractivity contribution is 5.20. The molecule has 2 heterocycles. The van der Waals surface area contributed by atoms with Gasteiger partial charge in [0.05, 0.1) is 18.8 Å². The first-order valence-corrected chi connectivity index (χ1v) is 8.46. The number of nitrogens with zero attached hydrogens (tertiary/aromatic N) is 1. The van der Waals surface area contributed by atoms with Gasteiger partial charge in [0.15, 0.2) is 0 Å². The van der Waals surface area contributed by atoms with Gasteiger partial charge in [0.25, 0.3) is 0 Å². The molecule has 2 unspecified atom stereocenters. The van der Waals surface area contributed by atoms with Gasteiger partial charge in [-0.15, -0.1) is 0 Å². The zero-order valence-corrected chi connectivity index (χ0v) is 13.2. The summed E-state index contributed by atoms with van der Waals surface area (Å²) in [6.45, 7) is 4.83. The molecule has 2 aliphatic heterocycles. The summed E-state index contributed by atoms with van der Waals surface area (Å²) in [5.41, 5.74) is 1.41. The Bertz CT molecular complexity index is 433. The molecule has 0 aromatic heterocycles. The van der Waals surface area contributed by atoms with Crippen LogP contribution in [-0.2, 0) is 9.47 Å². The minimum Gasteiger partial charge on any atom is -0.389 e. The third-order valence-electron chi connectivity index (χ3n) is 4.70. The van der Waals surface area contributed by atoms with E-state index in [1.165, 1.54) is 12.0 Å². The first-order valence-electron chi connectivity index (χ1n) is 8.46. The highest BCUT2D eigenvalue weighted by Gasteiger charge is 2.25. The number of benzene rings is 1. The monoisotopic (exact) mass is 305 g/mol. The van der Waals surface area contributed by atoms with Gasteiger partial charge in [-0.05, 0) is 37.3 Å². The Balaban J connectivity index is 1.38. The zero-order valence-electron chi connectivity index (χ0n) is 13.2. The van der Waals surface area contributed by atoms with Crippen molar-refractivity contribution in [3.8, 4) is 0 Å². The summed E-state index contributed by atoms with van der Waals surface area (Å²) in [6, 6.07) is 10.7. The number of rotatable bonds is 6. The number of β-amino-alcohol motifs (C(OH)–C–C–N with tert-alkyl or cyclic N) is 1. The third-order valence-corrected chi connectivity index (χ3v) is 4.70. The van der Waals surface area contributed by atoms with Crippen molar-refractivity contribution in [2.24, 2.45) is 0 Å². The number of aliphatic hydroxyl groups is 1. The van der Waals surface area contributed by atoms with Crippen LogP contribution < -0.4 is 0 Å². The fraction of sp³-hybridized carbons (Fsp3) is 0.667. The van der Waals surface area contributed by atoms with Gasteiger partial charge in [-0.1, -0.05) is 30.3 Å². The Labute approximate surface area is 133 Å². The number of likely N-dealkylation sites (tertiary alicyclic amines) is 1. The Morgan fingerprint density at radius 3 is 2.73 bits per heavy atom. The maximum Gasteiger partial charge on any atom is 0.0900 e. The van der Waals surface area contributed by atoms with E-state index < -0.39 is 6.10 Å². The maximum atomic E-state index is 10.2. The average Bonchev–Trinajstić information content (AvgIpc) is 3.03. The summed E-state index contributed by atoms with van der Waals surface area (Å²) in [4.78, 5) is 2.36. The van der Waals surface area contributed by atoms with Crippen LogP contribution in [0.5, 0.6) is 0 Å². The number of hydrogen-bond donors (Lipinski definition) is 1. The molecule has 122 valence electrons. The van der Waals surface area contributed by atoms with Gasteiger partial charge in [-0.2, -0.15) is 0 Å². The van der Waals surface area contributed by atoms with E-state index in [0.717, 1.165) is 39.1 Å². The van der Waals surface area contributed by atoms with Gasteiger partial charge in [-0.3, -0.25) is 0 Å². The van der Waals surface area contributed by atoms with Crippen LogP contribution in [0.15, 0.2) is 30.3 Å². The second-order valence-electron chi connectivity index (χ2n) is 6.45. The molecule has 0 spiro atoms. The molecule has 0 amide bonds. The molecule has 0 bridgehead atoms. The Kier molecular flexibility index (Phi) is 5.84. The standard InChI is InChI=1S/C18H27NO3/c20-17(14-22-18-7-10-21-11-8-18)13-19-9-6-16(12-19)15-4-2-1-3-5-15/h1-5,16-18,20H,6-14H2. The topological polar surface area (TPSA) is 41.9 Å². The van der Waals surface area contributed by atoms with Crippen molar-refractivity contribution in [2.75, 3.05) is 39.5 Å². The molecule has 22 heavy (non-hydrogen) atoms. The number of hydrogen-bond acceptors (Lipinski definition) is 4. The molecule has 0 aliphatic carbocycles. The highest BCUT2D eigenvalue weighted by atomic mass is 16.5. The minimum atomic E-state index is -0.391. The van der Waals surface area contributed by atoms with Gasteiger partial charge < -0.3 is 19.5 Å². The van der Waals surface area contributed by atoms with Crippen molar-refractivity contribution < 1.29 is 14.6 Å². The van der Waals surface area contributed by atoms with E-state index in [0.29, 0.717) is 19.1 Å². The van der Waals surface area contributed by atoms with Crippen LogP contribution in [0.1, 0.15) is 30.7 Å². The van der Waals surface area contributed by atoms with Crippen molar-refractivity contribution in [3.63, 3.8) is 0 Å². The van der Waals surface area contributed by atoms with Gasteiger partial charge in [0.2, 0.25) is 0 Å². The normalized spacial score (nSPS) is 25.4. The van der Waals surface area contributed by atoms with E-state index in [9.17, 15) is 5.11 Å². The predicted molar refractivity (Wildman–Crippen MR) is 86.0 cm³/mol. The smallest absolute Gasteiger partial charge is 0.0900 e. The fourth-order valence-electron chi connectivity index (χ4n) is 3.44. The lowest BCUT2D eigenvalue weighted by molar-refractivity contribution is -0.0632. The van der Waals surface area contributed by atoms with Gasteiger partial charge in [0.1, 0.15) is 0 Å². The average molecular weight is 305 g/mol. The van der Waals surface area contributed by atoms with Gasteiger partial charge in [0, 0.05) is 26.3 Å². The SMILES string of the molecule is OC(COC1CCOCC1)CN1CCC(c2ccccc2)C1. The van der Waals surface area contributed by atoms with Crippen molar-refractivity contribution in [1.29, 1.82) is 0 Å². The molecule has 0 radical (unpaired) electrons. The molecule has 3 rings (SSSR count). The van der Waals surface area contributed by atoms with Crippen LogP contribution in [0.2, 0.25) is 0 Å². The molecular weight excluding hydrogens is 278 g/mol. The lowest BCUT2D eigenvalue weighted by Crippen LogP contribution is -2.35. The summed E-state index contributed by atoms with van der Waals surface area (Å²) in [7, 11) is 0. The summed E-state index contributed by atoms with van der Waals surface area (Å²) in [5.74, 6) is 0.602. The Morgan fingerprint density at radius 2 is 1.95 bits per heavy atom. The summed E-state index contributed by atoms with van der Waals surface area (Å²) >= 11 is 0. The largest absolute Gasteiger partial charge is 0.389 e. The van der Waals surface area contributed by atoms with Crippen LogP contribution >= 0.6 is 0 Å². The van der Waals surface area contributed by atoms with Crippen molar-refractivity contribution in [1.82, 2.24) is 4.90 Å². The lowest BCUT2D eigenvalue weighted by atomic mass is 9.99. The molecule has 1 aromatic carbocycles. The quantitative estimate of drug-likeness (QED) is 0.873. The molecule has 2 atom stereocenters. The van der Waals surface area contributed by atoms with Crippen molar-refractivity contribution in [3.05, 3.63) is 35.9 Å². The first-order chi connectivity index (χ1) is 10.8. The van der Waals surface area contributed by atoms with E-state index in [4.69, 9.17) is 9.47 Å².